The van der Waals surface area contributed by atoms with Gasteiger partial charge in [-0.05, 0) is 44.7 Å². The standard InChI is InChI=1S/C19H23NO3/c1-12-11-13-7-5-6-8-14(13)20(12)15(21)19-10-9-18(4,16(22)23-19)17(19,2)3/h5-8,12H,9-11H2,1-4H3/t12-,18-,19+/m0/s1. The molecule has 4 nitrogen and oxygen atoms in total. The molecule has 0 aromatic heterocycles. The zero-order valence-electron chi connectivity index (χ0n) is 14.2. The van der Waals surface area contributed by atoms with E-state index in [1.165, 1.54) is 5.56 Å². The fourth-order valence-electron chi connectivity index (χ4n) is 4.79. The van der Waals surface area contributed by atoms with Crippen molar-refractivity contribution in [3.63, 3.8) is 0 Å². The lowest BCUT2D eigenvalue weighted by Gasteiger charge is -2.39. The van der Waals surface area contributed by atoms with E-state index in [4.69, 9.17) is 4.74 Å². The van der Waals surface area contributed by atoms with E-state index in [0.717, 1.165) is 12.1 Å². The van der Waals surface area contributed by atoms with E-state index in [0.29, 0.717) is 12.8 Å². The largest absolute Gasteiger partial charge is 0.448 e. The molecule has 122 valence electrons. The Morgan fingerprint density at radius 3 is 2.52 bits per heavy atom. The third-order valence-corrected chi connectivity index (χ3v) is 6.86. The molecule has 0 N–H and O–H groups in total. The van der Waals surface area contributed by atoms with Gasteiger partial charge in [0, 0.05) is 17.1 Å². The van der Waals surface area contributed by atoms with E-state index in [9.17, 15) is 9.59 Å². The van der Waals surface area contributed by atoms with Crippen LogP contribution in [-0.2, 0) is 20.7 Å². The Bertz CT molecular complexity index is 725. The van der Waals surface area contributed by atoms with Gasteiger partial charge >= 0.3 is 5.97 Å². The van der Waals surface area contributed by atoms with Gasteiger partial charge in [-0.15, -0.1) is 0 Å². The van der Waals surface area contributed by atoms with Crippen LogP contribution in [0.1, 0.15) is 46.1 Å². The minimum atomic E-state index is -1.02. The van der Waals surface area contributed by atoms with Gasteiger partial charge < -0.3 is 9.64 Å². The smallest absolute Gasteiger partial charge is 0.313 e. The molecule has 1 aromatic carbocycles. The van der Waals surface area contributed by atoms with Crippen molar-refractivity contribution in [2.24, 2.45) is 10.8 Å². The molecule has 4 rings (SSSR count). The first-order valence-corrected chi connectivity index (χ1v) is 8.40. The number of hydrogen-bond acceptors (Lipinski definition) is 3. The number of anilines is 1. The van der Waals surface area contributed by atoms with Crippen LogP contribution in [0.4, 0.5) is 5.69 Å². The van der Waals surface area contributed by atoms with Crippen molar-refractivity contribution >= 4 is 17.6 Å². The Morgan fingerprint density at radius 2 is 1.91 bits per heavy atom. The molecule has 0 spiro atoms. The van der Waals surface area contributed by atoms with Crippen LogP contribution in [0.5, 0.6) is 0 Å². The molecule has 2 fully saturated rings. The fraction of sp³-hybridized carbons (Fsp3) is 0.579. The van der Waals surface area contributed by atoms with E-state index < -0.39 is 16.4 Å². The van der Waals surface area contributed by atoms with Gasteiger partial charge in [-0.1, -0.05) is 32.0 Å². The number of esters is 1. The van der Waals surface area contributed by atoms with Gasteiger partial charge in [-0.25, -0.2) is 0 Å². The summed E-state index contributed by atoms with van der Waals surface area (Å²) in [5.41, 5.74) is 0.0700. The van der Waals surface area contributed by atoms with E-state index >= 15 is 0 Å². The maximum Gasteiger partial charge on any atom is 0.313 e. The molecule has 2 bridgehead atoms. The maximum atomic E-state index is 13.6. The summed E-state index contributed by atoms with van der Waals surface area (Å²) in [6.07, 6.45) is 2.19. The average Bonchev–Trinajstić information content (AvgIpc) is 2.99. The average molecular weight is 313 g/mol. The van der Waals surface area contributed by atoms with E-state index in [-0.39, 0.29) is 17.9 Å². The van der Waals surface area contributed by atoms with Crippen molar-refractivity contribution in [1.82, 2.24) is 0 Å². The molecule has 1 aromatic rings. The van der Waals surface area contributed by atoms with Crippen molar-refractivity contribution in [3.05, 3.63) is 29.8 Å². The van der Waals surface area contributed by atoms with Crippen LogP contribution in [0.25, 0.3) is 0 Å². The SMILES string of the molecule is C[C@H]1Cc2ccccc2N1C(=O)[C@@]12CC[C@@](C)(C(=O)O1)C2(C)C. The minimum Gasteiger partial charge on any atom is -0.448 e. The summed E-state index contributed by atoms with van der Waals surface area (Å²) in [7, 11) is 0. The maximum absolute atomic E-state index is 13.6. The van der Waals surface area contributed by atoms with Gasteiger partial charge in [0.25, 0.3) is 5.91 Å². The third-order valence-electron chi connectivity index (χ3n) is 6.86. The lowest BCUT2D eigenvalue weighted by Crippen LogP contribution is -2.56. The predicted octanol–water partition coefficient (Wildman–Crippen LogP) is 3.09. The van der Waals surface area contributed by atoms with Crippen LogP contribution >= 0.6 is 0 Å². The molecular weight excluding hydrogens is 290 g/mol. The van der Waals surface area contributed by atoms with E-state index in [2.05, 4.69) is 13.0 Å². The number of ether oxygens (including phenoxy) is 1. The zero-order chi connectivity index (χ0) is 16.6. The van der Waals surface area contributed by atoms with Gasteiger partial charge in [0.05, 0.1) is 5.41 Å². The number of para-hydroxylation sites is 1. The summed E-state index contributed by atoms with van der Waals surface area (Å²) >= 11 is 0. The van der Waals surface area contributed by atoms with Gasteiger partial charge in [0.1, 0.15) is 0 Å². The minimum absolute atomic E-state index is 0.0467. The third kappa shape index (κ3) is 1.47. The molecule has 2 heterocycles. The first kappa shape index (κ1) is 14.7. The summed E-state index contributed by atoms with van der Waals surface area (Å²) in [6, 6.07) is 8.12. The van der Waals surface area contributed by atoms with Crippen LogP contribution < -0.4 is 4.90 Å². The van der Waals surface area contributed by atoms with Gasteiger partial charge in [0.15, 0.2) is 5.60 Å². The number of carbonyl (C=O) groups is 2. The Labute approximate surface area is 136 Å². The molecule has 1 saturated carbocycles. The molecule has 0 radical (unpaired) electrons. The zero-order valence-corrected chi connectivity index (χ0v) is 14.2. The lowest BCUT2D eigenvalue weighted by atomic mass is 9.66. The number of nitrogens with zero attached hydrogens (tertiary/aromatic N) is 1. The quantitative estimate of drug-likeness (QED) is 0.749. The van der Waals surface area contributed by atoms with E-state index in [1.54, 1.807) is 0 Å². The summed E-state index contributed by atoms with van der Waals surface area (Å²) in [6.45, 7) is 8.02. The molecule has 1 amide bonds. The Kier molecular flexibility index (Phi) is 2.67. The second-order valence-corrected chi connectivity index (χ2v) is 8.03. The summed E-state index contributed by atoms with van der Waals surface area (Å²) < 4.78 is 5.77. The summed E-state index contributed by atoms with van der Waals surface area (Å²) in [5.74, 6) is -0.267. The predicted molar refractivity (Wildman–Crippen MR) is 87.0 cm³/mol. The Morgan fingerprint density at radius 1 is 1.22 bits per heavy atom. The van der Waals surface area contributed by atoms with Gasteiger partial charge in [0.2, 0.25) is 0 Å². The molecule has 3 aliphatic rings. The number of rotatable bonds is 1. The molecular formula is C19H23NO3. The Balaban J connectivity index is 1.80. The number of amides is 1. The second kappa shape index (κ2) is 4.16. The van der Waals surface area contributed by atoms with Crippen molar-refractivity contribution < 1.29 is 14.3 Å². The number of fused-ring (bicyclic) bond motifs is 3. The molecule has 1 aliphatic carbocycles. The fourth-order valence-corrected chi connectivity index (χ4v) is 4.79. The van der Waals surface area contributed by atoms with Crippen LogP contribution in [0.15, 0.2) is 24.3 Å². The van der Waals surface area contributed by atoms with Crippen molar-refractivity contribution in [3.8, 4) is 0 Å². The molecule has 23 heavy (non-hydrogen) atoms. The summed E-state index contributed by atoms with van der Waals surface area (Å²) in [5, 5.41) is 0. The first-order chi connectivity index (χ1) is 10.7. The monoisotopic (exact) mass is 313 g/mol. The Hall–Kier alpha value is -1.84. The van der Waals surface area contributed by atoms with E-state index in [1.807, 2.05) is 43.9 Å². The molecule has 4 heteroatoms. The molecule has 3 atom stereocenters. The lowest BCUT2D eigenvalue weighted by molar-refractivity contribution is -0.167. The van der Waals surface area contributed by atoms with Crippen molar-refractivity contribution in [1.29, 1.82) is 0 Å². The second-order valence-electron chi connectivity index (χ2n) is 8.03. The highest BCUT2D eigenvalue weighted by Gasteiger charge is 2.76. The van der Waals surface area contributed by atoms with Crippen LogP contribution in [-0.4, -0.2) is 23.5 Å². The molecule has 0 unspecified atom stereocenters. The number of carbonyl (C=O) groups excluding carboxylic acids is 2. The van der Waals surface area contributed by atoms with Crippen LogP contribution in [0.2, 0.25) is 0 Å². The highest BCUT2D eigenvalue weighted by Crippen LogP contribution is 2.66. The molecule has 1 saturated heterocycles. The molecule has 2 aliphatic heterocycles. The topological polar surface area (TPSA) is 46.6 Å². The van der Waals surface area contributed by atoms with Crippen molar-refractivity contribution in [2.75, 3.05) is 4.90 Å². The van der Waals surface area contributed by atoms with Crippen LogP contribution in [0.3, 0.4) is 0 Å². The first-order valence-electron chi connectivity index (χ1n) is 8.40. The van der Waals surface area contributed by atoms with Crippen LogP contribution in [0, 0.1) is 10.8 Å². The number of hydrogen-bond donors (Lipinski definition) is 0. The number of benzene rings is 1. The van der Waals surface area contributed by atoms with Crippen molar-refractivity contribution in [2.45, 2.75) is 58.6 Å². The van der Waals surface area contributed by atoms with Gasteiger partial charge in [-0.2, -0.15) is 0 Å². The van der Waals surface area contributed by atoms with Gasteiger partial charge in [-0.3, -0.25) is 9.59 Å². The normalized spacial score (nSPS) is 37.0. The summed E-state index contributed by atoms with van der Waals surface area (Å²) in [4.78, 5) is 27.8. The highest BCUT2D eigenvalue weighted by atomic mass is 16.6. The highest BCUT2D eigenvalue weighted by molar-refractivity contribution is 6.06.